The highest BCUT2D eigenvalue weighted by atomic mass is 14.9. The summed E-state index contributed by atoms with van der Waals surface area (Å²) in [4.78, 5) is 0. The molecule has 2 N–H and O–H groups in total. The normalized spacial score (nSPS) is 43.0. The molecular formula is C61H106N2. The van der Waals surface area contributed by atoms with Gasteiger partial charge in [0.1, 0.15) is 0 Å². The topological polar surface area (TPSA) is 24.1 Å². The fourth-order valence-corrected chi connectivity index (χ4v) is 19.1. The summed E-state index contributed by atoms with van der Waals surface area (Å²) < 4.78 is 0. The molecule has 0 amide bonds. The van der Waals surface area contributed by atoms with E-state index in [9.17, 15) is 0 Å². The van der Waals surface area contributed by atoms with E-state index < -0.39 is 0 Å². The van der Waals surface area contributed by atoms with Crippen molar-refractivity contribution in [2.75, 3.05) is 13.1 Å². The molecule has 8 rings (SSSR count). The summed E-state index contributed by atoms with van der Waals surface area (Å²) in [6.45, 7) is 28.3. The molecule has 0 saturated heterocycles. The summed E-state index contributed by atoms with van der Waals surface area (Å²) >= 11 is 0. The van der Waals surface area contributed by atoms with Gasteiger partial charge in [-0.1, -0.05) is 150 Å². The van der Waals surface area contributed by atoms with Gasteiger partial charge < -0.3 is 10.6 Å². The van der Waals surface area contributed by atoms with Gasteiger partial charge >= 0.3 is 0 Å². The molecule has 16 atom stereocenters. The number of hydrogen-bond acceptors (Lipinski definition) is 2. The number of fused-ring (bicyclic) bond motifs is 10. The highest BCUT2D eigenvalue weighted by molar-refractivity contribution is 5.27. The summed E-state index contributed by atoms with van der Waals surface area (Å²) in [6, 6.07) is 1.44. The average Bonchev–Trinajstić information content (AvgIpc) is 3.79. The lowest BCUT2D eigenvalue weighted by molar-refractivity contribution is -0.0515. The lowest BCUT2D eigenvalue weighted by Crippen LogP contribution is -2.51. The minimum Gasteiger partial charge on any atom is -0.314 e. The number of nitrogens with one attached hydrogen (secondary N) is 2. The number of rotatable bonds is 20. The van der Waals surface area contributed by atoms with Gasteiger partial charge in [-0.15, -0.1) is 0 Å². The van der Waals surface area contributed by atoms with Crippen LogP contribution >= 0.6 is 0 Å². The Kier molecular flexibility index (Phi) is 15.9. The first-order valence-electron chi connectivity index (χ1n) is 29.0. The predicted molar refractivity (Wildman–Crippen MR) is 273 cm³/mol. The van der Waals surface area contributed by atoms with Crippen LogP contribution in [-0.2, 0) is 0 Å². The minimum absolute atomic E-state index is 0.480. The number of allylic oxidation sites excluding steroid dienone is 2. The second kappa shape index (κ2) is 20.6. The second-order valence-electron chi connectivity index (χ2n) is 27.1. The van der Waals surface area contributed by atoms with E-state index >= 15 is 0 Å². The molecular weight excluding hydrogens is 761 g/mol. The van der Waals surface area contributed by atoms with Crippen molar-refractivity contribution in [3.63, 3.8) is 0 Å². The first-order chi connectivity index (χ1) is 30.2. The molecule has 0 aliphatic heterocycles. The fourth-order valence-electron chi connectivity index (χ4n) is 19.1. The molecule has 8 aliphatic carbocycles. The van der Waals surface area contributed by atoms with Crippen molar-refractivity contribution in [2.24, 2.45) is 92.7 Å². The van der Waals surface area contributed by atoms with Crippen LogP contribution in [0.15, 0.2) is 23.3 Å². The lowest BCUT2D eigenvalue weighted by atomic mass is 9.47. The van der Waals surface area contributed by atoms with Crippen LogP contribution in [0.4, 0.5) is 0 Å². The third kappa shape index (κ3) is 9.97. The van der Waals surface area contributed by atoms with E-state index in [-0.39, 0.29) is 0 Å². The largest absolute Gasteiger partial charge is 0.314 e. The molecule has 8 aliphatic rings. The maximum Gasteiger partial charge on any atom is 0.0105 e. The first kappa shape index (κ1) is 48.8. The van der Waals surface area contributed by atoms with E-state index in [0.29, 0.717) is 21.7 Å². The van der Waals surface area contributed by atoms with E-state index in [2.05, 4.69) is 92.0 Å². The highest BCUT2D eigenvalue weighted by Crippen LogP contribution is 2.69. The van der Waals surface area contributed by atoms with E-state index in [1.807, 2.05) is 11.1 Å². The number of hydrogen-bond donors (Lipinski definition) is 2. The monoisotopic (exact) mass is 867 g/mol. The van der Waals surface area contributed by atoms with Crippen molar-refractivity contribution >= 4 is 0 Å². The molecule has 2 heteroatoms. The minimum atomic E-state index is 0.480. The molecule has 0 heterocycles. The van der Waals surface area contributed by atoms with Gasteiger partial charge in [-0.2, -0.15) is 0 Å². The molecule has 0 spiro atoms. The summed E-state index contributed by atoms with van der Waals surface area (Å²) in [6.07, 6.45) is 44.4. The van der Waals surface area contributed by atoms with Crippen LogP contribution in [0.25, 0.3) is 0 Å². The van der Waals surface area contributed by atoms with Gasteiger partial charge in [0.15, 0.2) is 0 Å². The average molecular weight is 868 g/mol. The summed E-state index contributed by atoms with van der Waals surface area (Å²) in [5.41, 5.74) is 5.90. The Morgan fingerprint density at radius 1 is 0.460 bits per heavy atom. The molecule has 0 aromatic heterocycles. The molecule has 16 unspecified atom stereocenters. The highest BCUT2D eigenvalue weighted by Gasteiger charge is 2.61. The third-order valence-electron chi connectivity index (χ3n) is 22.8. The molecule has 0 aromatic rings. The molecule has 0 radical (unpaired) electrons. The van der Waals surface area contributed by atoms with Crippen LogP contribution in [0.3, 0.4) is 0 Å². The van der Waals surface area contributed by atoms with E-state index in [1.54, 1.807) is 0 Å². The van der Waals surface area contributed by atoms with Crippen molar-refractivity contribution in [2.45, 2.75) is 255 Å². The van der Waals surface area contributed by atoms with Gasteiger partial charge in [0.2, 0.25) is 0 Å². The standard InChI is InChI=1S/C61H106N2/c1-42(2)18-16-20-44(5)52-26-28-54-50-24-22-46-40-48(30-34-58(46,7)56(50)32-36-60(52,54)9)62-38-14-12-11-13-15-39-63-49-31-35-59(8)47(41-49)23-25-51-55-29-27-53(45(6)21-17-19-43(3)4)61(55,10)37-33-57(51)59/h22-23,42-45,48-57,62-63H,11-21,24-41H2,1-10H3. The van der Waals surface area contributed by atoms with Crippen LogP contribution in [0.2, 0.25) is 0 Å². The molecule has 6 fully saturated rings. The zero-order chi connectivity index (χ0) is 44.6. The molecule has 0 aromatic carbocycles. The Labute approximate surface area is 392 Å². The maximum absolute atomic E-state index is 4.09. The van der Waals surface area contributed by atoms with E-state index in [4.69, 9.17) is 0 Å². The first-order valence-corrected chi connectivity index (χ1v) is 29.0. The molecule has 63 heavy (non-hydrogen) atoms. The van der Waals surface area contributed by atoms with Gasteiger partial charge in [-0.25, -0.2) is 0 Å². The van der Waals surface area contributed by atoms with Gasteiger partial charge in [0.05, 0.1) is 0 Å². The zero-order valence-electron chi connectivity index (χ0n) is 43.7. The molecule has 2 nitrogen and oxygen atoms in total. The van der Waals surface area contributed by atoms with Crippen molar-refractivity contribution in [3.8, 4) is 0 Å². The molecule has 0 bridgehead atoms. The van der Waals surface area contributed by atoms with Gasteiger partial charge in [0.25, 0.3) is 0 Å². The Balaban J connectivity index is 0.705. The summed E-state index contributed by atoms with van der Waals surface area (Å²) in [5, 5.41) is 8.17. The van der Waals surface area contributed by atoms with Gasteiger partial charge in [-0.3, -0.25) is 0 Å². The van der Waals surface area contributed by atoms with E-state index in [1.165, 1.54) is 186 Å². The maximum atomic E-state index is 4.09. The smallest absolute Gasteiger partial charge is 0.0105 e. The fraction of sp³-hybridized carbons (Fsp3) is 0.934. The van der Waals surface area contributed by atoms with Crippen LogP contribution in [0.1, 0.15) is 243 Å². The van der Waals surface area contributed by atoms with Crippen molar-refractivity contribution in [3.05, 3.63) is 23.3 Å². The molecule has 6 saturated carbocycles. The Morgan fingerprint density at radius 3 is 1.29 bits per heavy atom. The third-order valence-corrected chi connectivity index (χ3v) is 22.8. The number of unbranched alkanes of at least 4 members (excludes halogenated alkanes) is 4. The Morgan fingerprint density at radius 2 is 0.873 bits per heavy atom. The Bertz CT molecular complexity index is 1430. The van der Waals surface area contributed by atoms with Crippen LogP contribution in [0, 0.1) is 92.7 Å². The SMILES string of the molecule is CC(C)CCCC(C)C1CCC2C3CC=C4CC(NCCCCCCCNC5CCC6(C)C(=CCC7C6CCC6(C)C(C(C)CCCC(C)C)CCC76)C5)CCC4(C)C3CCC12C. The van der Waals surface area contributed by atoms with Crippen molar-refractivity contribution in [1.29, 1.82) is 0 Å². The van der Waals surface area contributed by atoms with Crippen LogP contribution in [-0.4, -0.2) is 25.2 Å². The Hall–Kier alpha value is -0.600. The van der Waals surface area contributed by atoms with Crippen molar-refractivity contribution < 1.29 is 0 Å². The van der Waals surface area contributed by atoms with Crippen LogP contribution in [0.5, 0.6) is 0 Å². The lowest BCUT2D eigenvalue weighted by Gasteiger charge is -2.58. The van der Waals surface area contributed by atoms with Crippen molar-refractivity contribution in [1.82, 2.24) is 10.6 Å². The zero-order valence-corrected chi connectivity index (χ0v) is 43.7. The van der Waals surface area contributed by atoms with E-state index in [0.717, 1.165) is 83.1 Å². The van der Waals surface area contributed by atoms with Gasteiger partial charge in [0, 0.05) is 12.1 Å². The van der Waals surface area contributed by atoms with Crippen LogP contribution < -0.4 is 10.6 Å². The second-order valence-corrected chi connectivity index (χ2v) is 27.1. The summed E-state index contributed by atoms with van der Waals surface area (Å²) in [7, 11) is 0. The quantitative estimate of drug-likeness (QED) is 0.0941. The molecule has 360 valence electrons. The van der Waals surface area contributed by atoms with Gasteiger partial charge in [-0.05, 0) is 221 Å². The predicted octanol–water partition coefficient (Wildman–Crippen LogP) is 16.9. The summed E-state index contributed by atoms with van der Waals surface area (Å²) in [5.74, 6) is 11.3.